The molecule has 0 bridgehead atoms. The first-order chi connectivity index (χ1) is 23.5. The maximum atomic E-state index is 13.1. The van der Waals surface area contributed by atoms with E-state index >= 15 is 0 Å². The van der Waals surface area contributed by atoms with Crippen LogP contribution in [0.2, 0.25) is 0 Å². The largest absolute Gasteiger partial charge is 0.441 e. The molecule has 1 amide bonds. The van der Waals surface area contributed by atoms with Gasteiger partial charge in [-0.1, -0.05) is 30.3 Å². The van der Waals surface area contributed by atoms with Gasteiger partial charge in [-0.25, -0.2) is 8.42 Å². The van der Waals surface area contributed by atoms with Crippen molar-refractivity contribution in [2.24, 2.45) is 5.92 Å². The minimum atomic E-state index is -4.51. The van der Waals surface area contributed by atoms with Gasteiger partial charge in [0.1, 0.15) is 5.75 Å². The normalized spacial score (nSPS) is 17.9. The number of piperidine rings is 1. The molecule has 2 saturated heterocycles. The van der Waals surface area contributed by atoms with Gasteiger partial charge in [-0.2, -0.15) is 13.2 Å². The van der Waals surface area contributed by atoms with E-state index in [0.717, 1.165) is 88.6 Å². The first-order valence-electron chi connectivity index (χ1n) is 16.4. The molecule has 2 fully saturated rings. The second-order valence-electron chi connectivity index (χ2n) is 12.6. The Hall–Kier alpha value is -4.49. The first kappa shape index (κ1) is 34.4. The molecule has 0 saturated carbocycles. The molecular weight excluding hydrogens is 655 g/mol. The van der Waals surface area contributed by atoms with Crippen molar-refractivity contribution >= 4 is 27.3 Å². The Bertz CT molecular complexity index is 1750. The number of rotatable bonds is 10. The Morgan fingerprint density at radius 3 is 2.14 bits per heavy atom. The molecule has 3 aromatic rings. The van der Waals surface area contributed by atoms with E-state index < -0.39 is 21.8 Å². The van der Waals surface area contributed by atoms with Crippen LogP contribution in [0.25, 0.3) is 0 Å². The summed E-state index contributed by atoms with van der Waals surface area (Å²) in [6.07, 6.45) is 0.905. The van der Waals surface area contributed by atoms with Crippen molar-refractivity contribution in [2.45, 2.75) is 32.0 Å². The van der Waals surface area contributed by atoms with Crippen LogP contribution < -0.4 is 19.7 Å². The van der Waals surface area contributed by atoms with Crippen LogP contribution in [0.3, 0.4) is 0 Å². The van der Waals surface area contributed by atoms with Gasteiger partial charge < -0.3 is 19.9 Å². The predicted molar refractivity (Wildman–Crippen MR) is 183 cm³/mol. The van der Waals surface area contributed by atoms with Gasteiger partial charge >= 0.3 is 6.18 Å². The van der Waals surface area contributed by atoms with E-state index in [1.807, 2.05) is 35.2 Å². The first-order valence-corrected chi connectivity index (χ1v) is 17.9. The van der Waals surface area contributed by atoms with E-state index in [4.69, 9.17) is 4.74 Å². The van der Waals surface area contributed by atoms with Crippen molar-refractivity contribution in [3.63, 3.8) is 0 Å². The number of anilines is 2. The van der Waals surface area contributed by atoms with Gasteiger partial charge in [0.25, 0.3) is 10.0 Å². The zero-order chi connectivity index (χ0) is 34.4. The number of alkyl halides is 3. The highest BCUT2D eigenvalue weighted by Gasteiger charge is 2.30. The highest BCUT2D eigenvalue weighted by molar-refractivity contribution is 7.96. The van der Waals surface area contributed by atoms with Gasteiger partial charge in [0, 0.05) is 63.6 Å². The molecule has 49 heavy (non-hydrogen) atoms. The lowest BCUT2D eigenvalue weighted by Crippen LogP contribution is -2.48. The molecule has 9 nitrogen and oxygen atoms in total. The molecule has 3 heterocycles. The van der Waals surface area contributed by atoms with Crippen LogP contribution in [0.5, 0.6) is 5.75 Å². The fourth-order valence-corrected chi connectivity index (χ4v) is 7.37. The summed E-state index contributed by atoms with van der Waals surface area (Å²) in [6, 6.07) is 21.9. The number of nitrogens with zero attached hydrogens (tertiary/aromatic N) is 3. The minimum Gasteiger partial charge on any atom is -0.441 e. The summed E-state index contributed by atoms with van der Waals surface area (Å²) in [5, 5.41) is 2.93. The van der Waals surface area contributed by atoms with Gasteiger partial charge in [-0.3, -0.25) is 14.4 Å². The second kappa shape index (κ2) is 15.0. The molecule has 0 atom stereocenters. The molecule has 260 valence electrons. The third-order valence-electron chi connectivity index (χ3n) is 9.15. The Kier molecular flexibility index (Phi) is 10.5. The topological polar surface area (TPSA) is 94.2 Å². The third-order valence-corrected chi connectivity index (χ3v) is 10.6. The fraction of sp³-hybridized carbons (Fsp3) is 0.361. The van der Waals surface area contributed by atoms with Crippen LogP contribution in [0, 0.1) is 5.92 Å². The van der Waals surface area contributed by atoms with Crippen LogP contribution in [0.15, 0.2) is 102 Å². The number of hydrogen-bond acceptors (Lipinski definition) is 7. The van der Waals surface area contributed by atoms with Gasteiger partial charge in [0.2, 0.25) is 5.91 Å². The fourth-order valence-electron chi connectivity index (χ4n) is 6.28. The lowest BCUT2D eigenvalue weighted by molar-refractivity contribution is -0.137. The molecule has 3 aliphatic heterocycles. The average Bonchev–Trinajstić information content (AvgIpc) is 3.10. The number of amides is 1. The average molecular weight is 696 g/mol. The Morgan fingerprint density at radius 2 is 1.53 bits per heavy atom. The van der Waals surface area contributed by atoms with Crippen molar-refractivity contribution in [3.8, 4) is 5.75 Å². The number of benzene rings is 3. The number of dihydropyridines is 1. The molecule has 0 aromatic heterocycles. The molecule has 0 radical (unpaired) electrons. The highest BCUT2D eigenvalue weighted by Crippen LogP contribution is 2.31. The summed E-state index contributed by atoms with van der Waals surface area (Å²) in [4.78, 5) is 19.8. The third kappa shape index (κ3) is 9.15. The number of allylic oxidation sites excluding steroid dienone is 2. The molecule has 2 N–H and O–H groups in total. The number of piperazine rings is 1. The van der Waals surface area contributed by atoms with E-state index in [9.17, 15) is 26.4 Å². The number of sulfonamides is 1. The number of halogens is 3. The summed E-state index contributed by atoms with van der Waals surface area (Å²) in [7, 11) is -3.99. The highest BCUT2D eigenvalue weighted by atomic mass is 32.2. The molecule has 6 rings (SSSR count). The van der Waals surface area contributed by atoms with E-state index in [2.05, 4.69) is 44.1 Å². The Labute approximate surface area is 285 Å². The van der Waals surface area contributed by atoms with Crippen molar-refractivity contribution in [3.05, 3.63) is 113 Å². The van der Waals surface area contributed by atoms with E-state index in [1.165, 1.54) is 17.7 Å². The van der Waals surface area contributed by atoms with Crippen LogP contribution in [0.4, 0.5) is 24.5 Å². The van der Waals surface area contributed by atoms with Crippen molar-refractivity contribution in [1.82, 2.24) is 15.1 Å². The van der Waals surface area contributed by atoms with E-state index in [1.54, 1.807) is 0 Å². The summed E-state index contributed by atoms with van der Waals surface area (Å²) in [5.41, 5.74) is 1.54. The molecule has 0 unspecified atom stereocenters. The predicted octanol–water partition coefficient (Wildman–Crippen LogP) is 5.81. The monoisotopic (exact) mass is 695 g/mol. The van der Waals surface area contributed by atoms with E-state index in [-0.39, 0.29) is 23.0 Å². The SMILES string of the molecule is O=C(CC1CCN(c2ccc(OC3=CC=C(S(=O)(=O)Nc4ccc(C(F)(F)F)cc4)CN3)cc2)CC1)N1CCN(Cc2ccccc2)CC1. The van der Waals surface area contributed by atoms with Crippen LogP contribution in [-0.2, 0) is 27.5 Å². The van der Waals surface area contributed by atoms with Crippen molar-refractivity contribution in [1.29, 1.82) is 0 Å². The minimum absolute atomic E-state index is 0.0154. The molecule has 3 aromatic carbocycles. The smallest absolute Gasteiger partial charge is 0.416 e. The summed E-state index contributed by atoms with van der Waals surface area (Å²) in [5.74, 6) is 1.59. The van der Waals surface area contributed by atoms with Gasteiger partial charge in [0.15, 0.2) is 5.88 Å². The zero-order valence-electron chi connectivity index (χ0n) is 27.0. The summed E-state index contributed by atoms with van der Waals surface area (Å²) < 4.78 is 72.1. The van der Waals surface area contributed by atoms with Crippen LogP contribution in [-0.4, -0.2) is 69.9 Å². The van der Waals surface area contributed by atoms with Gasteiger partial charge in [0.05, 0.1) is 17.0 Å². The maximum Gasteiger partial charge on any atom is 0.416 e. The summed E-state index contributed by atoms with van der Waals surface area (Å²) >= 11 is 0. The number of nitrogens with one attached hydrogen (secondary N) is 2. The molecule has 0 spiro atoms. The standard InChI is InChI=1S/C36H40F3N5O4S/c37-36(38,39)29-6-8-30(9-7-29)41-49(46,47)33-14-15-34(40-25-33)48-32-12-10-31(11-13-32)43-18-16-27(17-19-43)24-35(45)44-22-20-42(21-23-44)26-28-4-2-1-3-5-28/h1-15,27,40-41H,16-26H2. The Morgan fingerprint density at radius 1 is 0.857 bits per heavy atom. The zero-order valence-corrected chi connectivity index (χ0v) is 27.8. The maximum absolute atomic E-state index is 13.1. The number of ether oxygens (including phenoxy) is 1. The molecule has 3 aliphatic rings. The number of carbonyl (C=O) groups excluding carboxylic acids is 1. The molecule has 13 heteroatoms. The molecule has 0 aliphatic carbocycles. The van der Waals surface area contributed by atoms with E-state index in [0.29, 0.717) is 24.0 Å². The lowest BCUT2D eigenvalue weighted by Gasteiger charge is -2.37. The number of hydrogen-bond donors (Lipinski definition) is 2. The Balaban J connectivity index is 0.931. The van der Waals surface area contributed by atoms with Crippen molar-refractivity contribution in [2.75, 3.05) is 55.4 Å². The quantitative estimate of drug-likeness (QED) is 0.277. The number of carbonyl (C=O) groups is 1. The van der Waals surface area contributed by atoms with Gasteiger partial charge in [-0.05, 0) is 85.0 Å². The van der Waals surface area contributed by atoms with Crippen LogP contribution >= 0.6 is 0 Å². The van der Waals surface area contributed by atoms with Crippen LogP contribution in [0.1, 0.15) is 30.4 Å². The second-order valence-corrected chi connectivity index (χ2v) is 14.3. The molecular formula is C36H40F3N5O4S. The lowest BCUT2D eigenvalue weighted by atomic mass is 9.92. The van der Waals surface area contributed by atoms with Gasteiger partial charge in [-0.15, -0.1) is 0 Å². The van der Waals surface area contributed by atoms with Crippen molar-refractivity contribution < 1.29 is 31.1 Å². The summed E-state index contributed by atoms with van der Waals surface area (Å²) in [6.45, 7) is 5.98.